The Morgan fingerprint density at radius 2 is 0.586 bits per heavy atom. The Balaban J connectivity index is 1.10. The molecule has 330 valence electrons. The summed E-state index contributed by atoms with van der Waals surface area (Å²) in [7, 11) is 0. The Hall–Kier alpha value is -8.68. The van der Waals surface area contributed by atoms with Gasteiger partial charge in [-0.3, -0.25) is 9.80 Å². The third-order valence-electron chi connectivity index (χ3n) is 13.1. The van der Waals surface area contributed by atoms with Gasteiger partial charge in [0.25, 0.3) is 0 Å². The molecule has 4 nitrogen and oxygen atoms in total. The summed E-state index contributed by atoms with van der Waals surface area (Å²) in [4.78, 5) is 15.1. The molecule has 0 radical (unpaired) electrons. The summed E-state index contributed by atoms with van der Waals surface area (Å²) in [6, 6.07) is 91.6. The van der Waals surface area contributed by atoms with E-state index >= 15 is 0 Å². The van der Waals surface area contributed by atoms with Crippen molar-refractivity contribution >= 4 is 97.7 Å². The van der Waals surface area contributed by atoms with Crippen molar-refractivity contribution in [2.45, 2.75) is 0 Å². The number of benzene rings is 11. The predicted molar refractivity (Wildman–Crippen MR) is 299 cm³/mol. The van der Waals surface area contributed by atoms with Gasteiger partial charge in [0.1, 0.15) is 0 Å². The van der Waals surface area contributed by atoms with E-state index in [1.165, 1.54) is 33.4 Å². The largest absolute Gasteiger partial charge is 0.286 e. The first-order valence-corrected chi connectivity index (χ1v) is 25.1. The van der Waals surface area contributed by atoms with E-state index in [1.807, 2.05) is 0 Å². The molecule has 0 unspecified atom stereocenters. The van der Waals surface area contributed by atoms with Gasteiger partial charge < -0.3 is 0 Å². The highest BCUT2D eigenvalue weighted by atomic mass is 32.1. The third-order valence-corrected chi connectivity index (χ3v) is 15.2. The summed E-state index contributed by atoms with van der Waals surface area (Å²) in [6.07, 6.45) is 0. The Morgan fingerprint density at radius 1 is 0.257 bits per heavy atom. The highest BCUT2D eigenvalue weighted by Gasteiger charge is 2.24. The average molecular weight is 931 g/mol. The summed E-state index contributed by atoms with van der Waals surface area (Å²) >= 11 is 3.42. The standard InChI is InChI=1S/C64H42N4S2/c1-5-17-43(18-6-1)45-29-33-47(34-30-45)61-53-39-37-52(68(50-23-11-4-12-24-50)64-66-58-26-14-16-28-60(58)70-64)42-56(53)62(48-35-31-46(32-36-48)44-19-7-2-8-20-44)54-40-38-51(41-55(54)61)67(49-21-9-3-10-22-49)63-65-57-25-13-15-27-59(57)69-63/h1-42H. The van der Waals surface area contributed by atoms with Crippen LogP contribution in [0.2, 0.25) is 0 Å². The monoisotopic (exact) mass is 930 g/mol. The molecular weight excluding hydrogens is 889 g/mol. The number of hydrogen-bond donors (Lipinski definition) is 0. The molecule has 0 saturated carbocycles. The lowest BCUT2D eigenvalue weighted by atomic mass is 9.84. The fourth-order valence-electron chi connectivity index (χ4n) is 9.83. The normalized spacial score (nSPS) is 11.4. The van der Waals surface area contributed by atoms with Crippen LogP contribution >= 0.6 is 22.7 Å². The van der Waals surface area contributed by atoms with Crippen molar-refractivity contribution in [3.8, 4) is 44.5 Å². The molecule has 0 saturated heterocycles. The molecule has 0 aliphatic carbocycles. The maximum absolute atomic E-state index is 5.24. The van der Waals surface area contributed by atoms with Crippen molar-refractivity contribution in [3.63, 3.8) is 0 Å². The van der Waals surface area contributed by atoms with Gasteiger partial charge in [-0.1, -0.05) is 205 Å². The van der Waals surface area contributed by atoms with Gasteiger partial charge in [-0.25, -0.2) is 9.97 Å². The van der Waals surface area contributed by atoms with Crippen LogP contribution in [0.4, 0.5) is 33.0 Å². The second kappa shape index (κ2) is 17.8. The van der Waals surface area contributed by atoms with Crippen LogP contribution in [0.3, 0.4) is 0 Å². The number of hydrogen-bond acceptors (Lipinski definition) is 6. The summed E-state index contributed by atoms with van der Waals surface area (Å²) in [6.45, 7) is 0. The first kappa shape index (κ1) is 41.5. The van der Waals surface area contributed by atoms with Crippen molar-refractivity contribution in [2.75, 3.05) is 9.80 Å². The Bertz CT molecular complexity index is 3650. The Labute approximate surface area is 414 Å². The lowest BCUT2D eigenvalue weighted by Crippen LogP contribution is -2.10. The van der Waals surface area contributed by atoms with Crippen LogP contribution in [0, 0.1) is 0 Å². The molecule has 0 amide bonds. The van der Waals surface area contributed by atoms with Crippen molar-refractivity contribution in [3.05, 3.63) is 255 Å². The lowest BCUT2D eigenvalue weighted by Gasteiger charge is -2.26. The summed E-state index contributed by atoms with van der Waals surface area (Å²) in [5.41, 5.74) is 15.5. The van der Waals surface area contributed by atoms with Crippen LogP contribution in [0.1, 0.15) is 0 Å². The summed E-state index contributed by atoms with van der Waals surface area (Å²) in [5.74, 6) is 0. The van der Waals surface area contributed by atoms with Crippen LogP contribution in [-0.4, -0.2) is 9.97 Å². The minimum atomic E-state index is 0.915. The third kappa shape index (κ3) is 7.56. The number of fused-ring (bicyclic) bond motifs is 4. The molecular formula is C64H42N4S2. The molecule has 6 heteroatoms. The van der Waals surface area contributed by atoms with E-state index in [0.29, 0.717) is 0 Å². The van der Waals surface area contributed by atoms with Crippen molar-refractivity contribution in [2.24, 2.45) is 0 Å². The number of anilines is 6. The second-order valence-corrected chi connectivity index (χ2v) is 19.4. The summed E-state index contributed by atoms with van der Waals surface area (Å²) in [5, 5.41) is 6.45. The van der Waals surface area contributed by atoms with Gasteiger partial charge in [0.15, 0.2) is 10.3 Å². The van der Waals surface area contributed by atoms with Gasteiger partial charge in [-0.15, -0.1) is 0 Å². The molecule has 2 heterocycles. The van der Waals surface area contributed by atoms with E-state index in [4.69, 9.17) is 9.97 Å². The summed E-state index contributed by atoms with van der Waals surface area (Å²) < 4.78 is 2.30. The topological polar surface area (TPSA) is 32.3 Å². The van der Waals surface area contributed by atoms with Gasteiger partial charge in [-0.2, -0.15) is 0 Å². The van der Waals surface area contributed by atoms with Gasteiger partial charge in [-0.05, 0) is 139 Å². The highest BCUT2D eigenvalue weighted by Crippen LogP contribution is 2.50. The number of thiazole rings is 2. The van der Waals surface area contributed by atoms with Crippen LogP contribution in [-0.2, 0) is 0 Å². The quantitative estimate of drug-likeness (QED) is 0.128. The maximum atomic E-state index is 5.24. The van der Waals surface area contributed by atoms with Crippen molar-refractivity contribution in [1.82, 2.24) is 9.97 Å². The van der Waals surface area contributed by atoms with E-state index in [-0.39, 0.29) is 0 Å². The molecule has 0 spiro atoms. The minimum absolute atomic E-state index is 0.915. The van der Waals surface area contributed by atoms with E-state index in [1.54, 1.807) is 22.7 Å². The molecule has 0 N–H and O–H groups in total. The van der Waals surface area contributed by atoms with Crippen LogP contribution in [0.25, 0.3) is 86.5 Å². The molecule has 0 bridgehead atoms. The SMILES string of the molecule is c1ccc(-c2ccc(-c3c4ccc(N(c5ccccc5)c5nc6ccccc6s5)cc4c(-c4ccc(-c5ccccc5)cc4)c4ccc(N(c5ccccc5)c5nc6ccccc6s5)cc34)cc2)cc1. The Kier molecular flexibility index (Phi) is 10.5. The molecule has 0 aliphatic heterocycles. The zero-order valence-corrected chi connectivity index (χ0v) is 39.5. The molecule has 0 atom stereocenters. The molecule has 13 aromatic rings. The van der Waals surface area contributed by atoms with Crippen LogP contribution < -0.4 is 9.80 Å². The highest BCUT2D eigenvalue weighted by molar-refractivity contribution is 7.22. The molecule has 70 heavy (non-hydrogen) atoms. The zero-order valence-electron chi connectivity index (χ0n) is 37.9. The number of rotatable bonds is 10. The first-order chi connectivity index (χ1) is 34.7. The number of aromatic nitrogens is 2. The minimum Gasteiger partial charge on any atom is -0.286 e. The van der Waals surface area contributed by atoms with Gasteiger partial charge >= 0.3 is 0 Å². The van der Waals surface area contributed by atoms with Gasteiger partial charge in [0, 0.05) is 22.7 Å². The smallest absolute Gasteiger partial charge is 0.195 e. The van der Waals surface area contributed by atoms with E-state index in [0.717, 1.165) is 86.1 Å². The van der Waals surface area contributed by atoms with Crippen molar-refractivity contribution in [1.29, 1.82) is 0 Å². The first-order valence-electron chi connectivity index (χ1n) is 23.5. The van der Waals surface area contributed by atoms with E-state index < -0.39 is 0 Å². The van der Waals surface area contributed by atoms with Gasteiger partial charge in [0.05, 0.1) is 20.4 Å². The maximum Gasteiger partial charge on any atom is 0.195 e. The molecule has 2 aromatic heterocycles. The molecule has 0 fully saturated rings. The van der Waals surface area contributed by atoms with E-state index in [9.17, 15) is 0 Å². The average Bonchev–Trinajstić information content (AvgIpc) is 4.06. The van der Waals surface area contributed by atoms with Crippen molar-refractivity contribution < 1.29 is 0 Å². The molecule has 13 rings (SSSR count). The lowest BCUT2D eigenvalue weighted by molar-refractivity contribution is 1.25. The van der Waals surface area contributed by atoms with Crippen LogP contribution in [0.5, 0.6) is 0 Å². The number of para-hydroxylation sites is 4. The fraction of sp³-hybridized carbons (Fsp3) is 0. The number of nitrogens with zero attached hydrogens (tertiary/aromatic N) is 4. The molecule has 11 aromatic carbocycles. The zero-order chi connectivity index (χ0) is 46.4. The molecule has 0 aliphatic rings. The fourth-order valence-corrected chi connectivity index (χ4v) is 11.8. The second-order valence-electron chi connectivity index (χ2n) is 17.4. The Morgan fingerprint density at radius 3 is 0.971 bits per heavy atom. The predicted octanol–water partition coefficient (Wildman–Crippen LogP) is 18.8. The van der Waals surface area contributed by atoms with Crippen LogP contribution in [0.15, 0.2) is 255 Å². The van der Waals surface area contributed by atoms with E-state index in [2.05, 4.69) is 265 Å². The van der Waals surface area contributed by atoms with Gasteiger partial charge in [0.2, 0.25) is 0 Å².